The van der Waals surface area contributed by atoms with Crippen molar-refractivity contribution in [1.29, 1.82) is 0 Å². The van der Waals surface area contributed by atoms with Crippen LogP contribution in [0.4, 0.5) is 5.82 Å². The number of fused-ring (bicyclic) bond motifs is 1. The number of piperidine rings is 1. The third kappa shape index (κ3) is 3.35. The minimum atomic E-state index is 0.598. The van der Waals surface area contributed by atoms with Crippen molar-refractivity contribution in [1.82, 2.24) is 15.0 Å². The number of anilines is 1. The number of aromatic nitrogens is 3. The van der Waals surface area contributed by atoms with Crippen molar-refractivity contribution in [3.8, 4) is 5.88 Å². The summed E-state index contributed by atoms with van der Waals surface area (Å²) in [6.07, 6.45) is 10.6. The molecule has 3 heterocycles. The molecule has 5 heteroatoms. The Morgan fingerprint density at radius 1 is 1.04 bits per heavy atom. The van der Waals surface area contributed by atoms with Crippen LogP contribution in [0.15, 0.2) is 30.7 Å². The summed E-state index contributed by atoms with van der Waals surface area (Å²) in [6, 6.07) is 5.79. The monoisotopic (exact) mass is 324 g/mol. The van der Waals surface area contributed by atoms with Gasteiger partial charge in [-0.3, -0.25) is 0 Å². The molecule has 1 aliphatic heterocycles. The molecule has 4 rings (SSSR count). The fourth-order valence-electron chi connectivity index (χ4n) is 3.72. The van der Waals surface area contributed by atoms with Crippen LogP contribution in [0.2, 0.25) is 0 Å². The summed E-state index contributed by atoms with van der Waals surface area (Å²) < 4.78 is 5.82. The van der Waals surface area contributed by atoms with Gasteiger partial charge in [-0.25, -0.2) is 15.0 Å². The molecule has 0 unspecified atom stereocenters. The summed E-state index contributed by atoms with van der Waals surface area (Å²) in [6.45, 7) is 2.87. The highest BCUT2D eigenvalue weighted by Gasteiger charge is 2.24. The van der Waals surface area contributed by atoms with Crippen molar-refractivity contribution < 1.29 is 4.74 Å². The van der Waals surface area contributed by atoms with Gasteiger partial charge >= 0.3 is 0 Å². The maximum Gasteiger partial charge on any atom is 0.213 e. The van der Waals surface area contributed by atoms with Gasteiger partial charge in [-0.05, 0) is 50.5 Å². The Morgan fingerprint density at radius 3 is 2.75 bits per heavy atom. The van der Waals surface area contributed by atoms with E-state index in [1.54, 1.807) is 12.5 Å². The Bertz CT molecular complexity index is 668. The predicted octanol–water partition coefficient (Wildman–Crippen LogP) is 3.05. The van der Waals surface area contributed by atoms with Crippen LogP contribution in [-0.2, 0) is 12.8 Å². The minimum absolute atomic E-state index is 0.598. The van der Waals surface area contributed by atoms with Crippen LogP contribution >= 0.6 is 0 Å². The Kier molecular flexibility index (Phi) is 4.58. The zero-order valence-electron chi connectivity index (χ0n) is 14.0. The van der Waals surface area contributed by atoms with Crippen LogP contribution in [0.1, 0.15) is 36.9 Å². The summed E-state index contributed by atoms with van der Waals surface area (Å²) >= 11 is 0. The molecular weight excluding hydrogens is 300 g/mol. The second-order valence-corrected chi connectivity index (χ2v) is 6.74. The van der Waals surface area contributed by atoms with E-state index >= 15 is 0 Å². The average Bonchev–Trinajstić information content (AvgIpc) is 2.67. The Morgan fingerprint density at radius 2 is 1.92 bits per heavy atom. The summed E-state index contributed by atoms with van der Waals surface area (Å²) in [5, 5.41) is 0. The third-order valence-electron chi connectivity index (χ3n) is 5.12. The average molecular weight is 324 g/mol. The number of pyridine rings is 1. The number of ether oxygens (including phenoxy) is 1. The van der Waals surface area contributed by atoms with Gasteiger partial charge in [-0.2, -0.15) is 0 Å². The van der Waals surface area contributed by atoms with Crippen molar-refractivity contribution >= 4 is 5.82 Å². The van der Waals surface area contributed by atoms with Crippen LogP contribution in [0.5, 0.6) is 5.88 Å². The van der Waals surface area contributed by atoms with E-state index in [1.165, 1.54) is 29.9 Å². The maximum absolute atomic E-state index is 5.82. The maximum atomic E-state index is 5.82. The van der Waals surface area contributed by atoms with Crippen LogP contribution in [0.3, 0.4) is 0 Å². The number of nitrogens with zero attached hydrogens (tertiary/aromatic N) is 4. The molecule has 1 fully saturated rings. The lowest BCUT2D eigenvalue weighted by atomic mass is 9.94. The Balaban J connectivity index is 1.35. The normalized spacial score (nSPS) is 18.2. The molecule has 0 radical (unpaired) electrons. The number of hydrogen-bond acceptors (Lipinski definition) is 5. The highest BCUT2D eigenvalue weighted by atomic mass is 16.5. The Labute approximate surface area is 143 Å². The van der Waals surface area contributed by atoms with Gasteiger partial charge in [0.05, 0.1) is 6.61 Å². The van der Waals surface area contributed by atoms with E-state index in [9.17, 15) is 0 Å². The van der Waals surface area contributed by atoms with E-state index in [2.05, 4.69) is 19.9 Å². The van der Waals surface area contributed by atoms with E-state index < -0.39 is 0 Å². The first-order chi connectivity index (χ1) is 11.9. The first kappa shape index (κ1) is 15.4. The summed E-state index contributed by atoms with van der Waals surface area (Å²) in [5.41, 5.74) is 2.67. The first-order valence-electron chi connectivity index (χ1n) is 9.01. The summed E-state index contributed by atoms with van der Waals surface area (Å²) in [4.78, 5) is 15.8. The number of aryl methyl sites for hydroxylation is 1. The van der Waals surface area contributed by atoms with Gasteiger partial charge in [0.25, 0.3) is 0 Å². The van der Waals surface area contributed by atoms with Crippen molar-refractivity contribution in [2.24, 2.45) is 5.92 Å². The molecule has 1 saturated heterocycles. The third-order valence-corrected chi connectivity index (χ3v) is 5.12. The van der Waals surface area contributed by atoms with Crippen molar-refractivity contribution in [2.75, 3.05) is 24.6 Å². The molecule has 5 nitrogen and oxygen atoms in total. The molecule has 2 aliphatic rings. The molecule has 0 atom stereocenters. The first-order valence-corrected chi connectivity index (χ1v) is 9.01. The lowest BCUT2D eigenvalue weighted by Crippen LogP contribution is -2.37. The van der Waals surface area contributed by atoms with Crippen molar-refractivity contribution in [3.63, 3.8) is 0 Å². The fourth-order valence-corrected chi connectivity index (χ4v) is 3.72. The van der Waals surface area contributed by atoms with Crippen LogP contribution < -0.4 is 9.64 Å². The second kappa shape index (κ2) is 7.16. The topological polar surface area (TPSA) is 51.1 Å². The molecule has 0 aromatic carbocycles. The second-order valence-electron chi connectivity index (χ2n) is 6.74. The van der Waals surface area contributed by atoms with Gasteiger partial charge in [0.1, 0.15) is 12.1 Å². The minimum Gasteiger partial charge on any atom is -0.477 e. The van der Waals surface area contributed by atoms with Crippen molar-refractivity contribution in [2.45, 2.75) is 38.5 Å². The standard InChI is InChI=1S/C19H24N4O/c1-2-6-17-16(5-1)19(22-14-21-17)23-11-8-15(9-12-23)13-24-18-7-3-4-10-20-18/h3-4,7,10,14-15H,1-2,5-6,8-9,11-13H2. The quantitative estimate of drug-likeness (QED) is 0.865. The lowest BCUT2D eigenvalue weighted by Gasteiger charge is -2.34. The summed E-state index contributed by atoms with van der Waals surface area (Å²) in [5.74, 6) is 2.51. The smallest absolute Gasteiger partial charge is 0.213 e. The number of rotatable bonds is 4. The zero-order chi connectivity index (χ0) is 16.2. The molecule has 2 aromatic rings. The molecule has 0 amide bonds. The molecule has 2 aromatic heterocycles. The zero-order valence-corrected chi connectivity index (χ0v) is 14.0. The van der Waals surface area contributed by atoms with Gasteiger partial charge in [0, 0.05) is 36.6 Å². The van der Waals surface area contributed by atoms with E-state index in [0.29, 0.717) is 5.92 Å². The van der Waals surface area contributed by atoms with E-state index in [4.69, 9.17) is 4.74 Å². The van der Waals surface area contributed by atoms with E-state index in [1.807, 2.05) is 18.2 Å². The highest BCUT2D eigenvalue weighted by Crippen LogP contribution is 2.30. The lowest BCUT2D eigenvalue weighted by molar-refractivity contribution is 0.216. The van der Waals surface area contributed by atoms with Crippen LogP contribution in [0, 0.1) is 5.92 Å². The molecule has 24 heavy (non-hydrogen) atoms. The van der Waals surface area contributed by atoms with Gasteiger partial charge in [0.2, 0.25) is 5.88 Å². The summed E-state index contributed by atoms with van der Waals surface area (Å²) in [7, 11) is 0. The fraction of sp³-hybridized carbons (Fsp3) is 0.526. The van der Waals surface area contributed by atoms with E-state index in [-0.39, 0.29) is 0 Å². The van der Waals surface area contributed by atoms with Gasteiger partial charge in [-0.1, -0.05) is 6.07 Å². The van der Waals surface area contributed by atoms with Crippen LogP contribution in [-0.4, -0.2) is 34.6 Å². The molecule has 0 bridgehead atoms. The van der Waals surface area contributed by atoms with E-state index in [0.717, 1.165) is 51.3 Å². The molecular formula is C19H24N4O. The number of hydrogen-bond donors (Lipinski definition) is 0. The molecule has 126 valence electrons. The SMILES string of the molecule is c1ccc(OCC2CCN(c3ncnc4c3CCCC4)CC2)nc1. The highest BCUT2D eigenvalue weighted by molar-refractivity contribution is 5.49. The van der Waals surface area contributed by atoms with Crippen molar-refractivity contribution in [3.05, 3.63) is 42.0 Å². The largest absolute Gasteiger partial charge is 0.477 e. The van der Waals surface area contributed by atoms with Gasteiger partial charge < -0.3 is 9.64 Å². The predicted molar refractivity (Wildman–Crippen MR) is 93.3 cm³/mol. The molecule has 0 N–H and O–H groups in total. The van der Waals surface area contributed by atoms with Crippen LogP contribution in [0.25, 0.3) is 0 Å². The molecule has 1 aliphatic carbocycles. The molecule has 0 saturated carbocycles. The molecule has 0 spiro atoms. The van der Waals surface area contributed by atoms with Gasteiger partial charge in [0.15, 0.2) is 0 Å². The van der Waals surface area contributed by atoms with Gasteiger partial charge in [-0.15, -0.1) is 0 Å². The Hall–Kier alpha value is -2.17.